The second-order valence-electron chi connectivity index (χ2n) is 7.45. The SMILES string of the molecule is O=C(O)c1cc2c(cc1C(=O)O)C1Cc3cc(C(=O)O)c(C(=O)O)cc3C(C2)C1. The zero-order valence-electron chi connectivity index (χ0n) is 15.0. The summed E-state index contributed by atoms with van der Waals surface area (Å²) < 4.78 is 0. The molecule has 0 amide bonds. The van der Waals surface area contributed by atoms with Crippen molar-refractivity contribution in [2.45, 2.75) is 31.1 Å². The van der Waals surface area contributed by atoms with Crippen LogP contribution in [0.15, 0.2) is 24.3 Å². The maximum Gasteiger partial charge on any atom is 0.336 e. The van der Waals surface area contributed by atoms with Gasteiger partial charge in [0.25, 0.3) is 0 Å². The Morgan fingerprint density at radius 1 is 0.586 bits per heavy atom. The second-order valence-corrected chi connectivity index (χ2v) is 7.45. The van der Waals surface area contributed by atoms with Crippen LogP contribution in [-0.4, -0.2) is 44.3 Å². The molecule has 4 rings (SSSR count). The Bertz CT molecular complexity index is 1030. The zero-order valence-corrected chi connectivity index (χ0v) is 15.0. The standard InChI is InChI=1S/C21H16O8/c22-18(23)14-4-10-2-8-1-9(13(10)7-17(14)21(28)29)3-11-5-15(19(24)25)16(20(26)27)6-12(8)11/h4-9H,1-3H2,(H,22,23)(H,24,25)(H,26,27)(H,28,29). The summed E-state index contributed by atoms with van der Waals surface area (Å²) in [7, 11) is 0. The summed E-state index contributed by atoms with van der Waals surface area (Å²) in [6.45, 7) is 0. The summed E-state index contributed by atoms with van der Waals surface area (Å²) in [6, 6.07) is 5.62. The molecule has 2 aliphatic rings. The van der Waals surface area contributed by atoms with Gasteiger partial charge in [-0.15, -0.1) is 0 Å². The number of carbonyl (C=O) groups is 4. The van der Waals surface area contributed by atoms with E-state index in [4.69, 9.17) is 0 Å². The van der Waals surface area contributed by atoms with E-state index in [-0.39, 0.29) is 34.1 Å². The summed E-state index contributed by atoms with van der Waals surface area (Å²) >= 11 is 0. The highest BCUT2D eigenvalue weighted by molar-refractivity contribution is 6.03. The van der Waals surface area contributed by atoms with Crippen molar-refractivity contribution in [2.75, 3.05) is 0 Å². The Kier molecular flexibility index (Phi) is 4.15. The lowest BCUT2D eigenvalue weighted by Gasteiger charge is -2.38. The molecule has 0 saturated heterocycles. The quantitative estimate of drug-likeness (QED) is 0.616. The van der Waals surface area contributed by atoms with E-state index >= 15 is 0 Å². The smallest absolute Gasteiger partial charge is 0.336 e. The number of rotatable bonds is 4. The van der Waals surface area contributed by atoms with Crippen LogP contribution in [-0.2, 0) is 12.8 Å². The van der Waals surface area contributed by atoms with Crippen LogP contribution >= 0.6 is 0 Å². The van der Waals surface area contributed by atoms with Crippen molar-refractivity contribution in [1.29, 1.82) is 0 Å². The van der Waals surface area contributed by atoms with Crippen LogP contribution in [0, 0.1) is 0 Å². The molecule has 0 aliphatic heterocycles. The summed E-state index contributed by atoms with van der Waals surface area (Å²) in [5.74, 6) is -5.45. The highest BCUT2D eigenvalue weighted by atomic mass is 16.4. The first-order valence-corrected chi connectivity index (χ1v) is 8.94. The van der Waals surface area contributed by atoms with Crippen LogP contribution in [0.4, 0.5) is 0 Å². The number of carboxylic acid groups (broad SMARTS) is 4. The van der Waals surface area contributed by atoms with Gasteiger partial charge in [0.2, 0.25) is 0 Å². The van der Waals surface area contributed by atoms with Gasteiger partial charge in [-0.2, -0.15) is 0 Å². The average Bonchev–Trinajstić information content (AvgIpc) is 2.65. The Labute approximate surface area is 164 Å². The number of carboxylic acids is 4. The van der Waals surface area contributed by atoms with Crippen LogP contribution in [0.5, 0.6) is 0 Å². The largest absolute Gasteiger partial charge is 0.478 e. The minimum absolute atomic E-state index is 0.0884. The number of fused-ring (bicyclic) bond motifs is 6. The van der Waals surface area contributed by atoms with E-state index < -0.39 is 23.9 Å². The highest BCUT2D eigenvalue weighted by Crippen LogP contribution is 2.48. The highest BCUT2D eigenvalue weighted by Gasteiger charge is 2.37. The number of aromatic carboxylic acids is 4. The van der Waals surface area contributed by atoms with Gasteiger partial charge in [0, 0.05) is 0 Å². The molecule has 0 saturated carbocycles. The van der Waals surface area contributed by atoms with Crippen molar-refractivity contribution in [1.82, 2.24) is 0 Å². The average molecular weight is 396 g/mol. The fourth-order valence-corrected chi connectivity index (χ4v) is 4.66. The van der Waals surface area contributed by atoms with E-state index in [1.54, 1.807) is 0 Å². The monoisotopic (exact) mass is 396 g/mol. The van der Waals surface area contributed by atoms with Crippen molar-refractivity contribution >= 4 is 23.9 Å². The van der Waals surface area contributed by atoms with Crippen molar-refractivity contribution in [3.8, 4) is 0 Å². The van der Waals surface area contributed by atoms with E-state index in [1.165, 1.54) is 24.3 Å². The van der Waals surface area contributed by atoms with Crippen molar-refractivity contribution < 1.29 is 39.6 Å². The molecule has 148 valence electrons. The van der Waals surface area contributed by atoms with E-state index in [0.29, 0.717) is 19.3 Å². The molecule has 2 aromatic rings. The molecule has 2 atom stereocenters. The lowest BCUT2D eigenvalue weighted by molar-refractivity contribution is 0.0651. The van der Waals surface area contributed by atoms with E-state index in [9.17, 15) is 39.6 Å². The van der Waals surface area contributed by atoms with Crippen LogP contribution in [0.3, 0.4) is 0 Å². The summed E-state index contributed by atoms with van der Waals surface area (Å²) in [5, 5.41) is 37.5. The minimum atomic E-state index is -1.32. The number of hydrogen-bond acceptors (Lipinski definition) is 4. The lowest BCUT2D eigenvalue weighted by Crippen LogP contribution is -2.27. The molecule has 2 aliphatic carbocycles. The minimum Gasteiger partial charge on any atom is -0.478 e. The molecular formula is C21H16O8. The normalized spacial score (nSPS) is 19.0. The molecular weight excluding hydrogens is 380 g/mol. The topological polar surface area (TPSA) is 149 Å². The Morgan fingerprint density at radius 3 is 1.21 bits per heavy atom. The zero-order chi connectivity index (χ0) is 21.0. The van der Waals surface area contributed by atoms with Crippen molar-refractivity contribution in [3.63, 3.8) is 0 Å². The molecule has 2 bridgehead atoms. The van der Waals surface area contributed by atoms with Crippen LogP contribution in [0.25, 0.3) is 0 Å². The van der Waals surface area contributed by atoms with Gasteiger partial charge in [-0.05, 0) is 77.6 Å². The van der Waals surface area contributed by atoms with Gasteiger partial charge in [-0.25, -0.2) is 19.2 Å². The second kappa shape index (κ2) is 6.44. The van der Waals surface area contributed by atoms with E-state index in [2.05, 4.69) is 0 Å². The summed E-state index contributed by atoms with van der Waals surface area (Å²) in [6.07, 6.45) is 1.53. The third-order valence-corrected chi connectivity index (χ3v) is 5.86. The first kappa shape index (κ1) is 18.7. The first-order valence-electron chi connectivity index (χ1n) is 8.94. The fraction of sp³-hybridized carbons (Fsp3) is 0.238. The van der Waals surface area contributed by atoms with Gasteiger partial charge in [0.05, 0.1) is 22.3 Å². The number of hydrogen-bond donors (Lipinski definition) is 4. The van der Waals surface area contributed by atoms with Crippen molar-refractivity contribution in [2.24, 2.45) is 0 Å². The molecule has 0 heterocycles. The molecule has 0 radical (unpaired) electrons. The Hall–Kier alpha value is -3.68. The predicted molar refractivity (Wildman–Crippen MR) is 98.2 cm³/mol. The van der Waals surface area contributed by atoms with E-state index in [1.807, 2.05) is 0 Å². The third-order valence-electron chi connectivity index (χ3n) is 5.86. The molecule has 29 heavy (non-hydrogen) atoms. The third kappa shape index (κ3) is 2.93. The Morgan fingerprint density at radius 2 is 0.897 bits per heavy atom. The van der Waals surface area contributed by atoms with Crippen LogP contribution in [0.2, 0.25) is 0 Å². The predicted octanol–water partition coefficient (Wildman–Crippen LogP) is 2.85. The molecule has 2 unspecified atom stereocenters. The molecule has 8 nitrogen and oxygen atoms in total. The number of benzene rings is 2. The fourth-order valence-electron chi connectivity index (χ4n) is 4.66. The first-order chi connectivity index (χ1) is 13.7. The van der Waals surface area contributed by atoms with Gasteiger partial charge in [0.1, 0.15) is 0 Å². The lowest BCUT2D eigenvalue weighted by atomic mass is 9.65. The van der Waals surface area contributed by atoms with Crippen LogP contribution < -0.4 is 0 Å². The maximum absolute atomic E-state index is 11.5. The van der Waals surface area contributed by atoms with E-state index in [0.717, 1.165) is 22.3 Å². The summed E-state index contributed by atoms with van der Waals surface area (Å²) in [4.78, 5) is 46.0. The van der Waals surface area contributed by atoms with Gasteiger partial charge < -0.3 is 20.4 Å². The van der Waals surface area contributed by atoms with Crippen molar-refractivity contribution in [3.05, 3.63) is 68.8 Å². The van der Waals surface area contributed by atoms with Gasteiger partial charge in [-0.3, -0.25) is 0 Å². The van der Waals surface area contributed by atoms with Gasteiger partial charge in [-0.1, -0.05) is 0 Å². The van der Waals surface area contributed by atoms with Gasteiger partial charge >= 0.3 is 23.9 Å². The van der Waals surface area contributed by atoms with Crippen LogP contribution in [0.1, 0.15) is 81.9 Å². The van der Waals surface area contributed by atoms with Gasteiger partial charge in [0.15, 0.2) is 0 Å². The molecule has 0 spiro atoms. The molecule has 2 aromatic carbocycles. The molecule has 4 N–H and O–H groups in total. The Balaban J connectivity index is 1.85. The summed E-state index contributed by atoms with van der Waals surface area (Å²) in [5.41, 5.74) is 1.90. The molecule has 8 heteroatoms. The maximum atomic E-state index is 11.5. The molecule has 0 aromatic heterocycles. The molecule has 0 fully saturated rings.